The minimum absolute atomic E-state index is 0.00651. The van der Waals surface area contributed by atoms with Gasteiger partial charge in [-0.05, 0) is 39.0 Å². The maximum absolute atomic E-state index is 12.4. The molecule has 0 saturated heterocycles. The molecule has 116 valence electrons. The summed E-state index contributed by atoms with van der Waals surface area (Å²) >= 11 is 0. The topological polar surface area (TPSA) is 81.3 Å². The molecule has 1 aromatic rings. The van der Waals surface area contributed by atoms with Crippen molar-refractivity contribution in [2.75, 3.05) is 13.1 Å². The Kier molecular flexibility index (Phi) is 4.59. The highest BCUT2D eigenvalue weighted by Gasteiger charge is 2.28. The van der Waals surface area contributed by atoms with Crippen molar-refractivity contribution in [1.29, 1.82) is 0 Å². The van der Waals surface area contributed by atoms with Crippen molar-refractivity contribution in [2.45, 2.75) is 46.6 Å². The summed E-state index contributed by atoms with van der Waals surface area (Å²) in [6, 6.07) is 0. The highest BCUT2D eigenvalue weighted by atomic mass is 16.6. The SMILES string of the molecule is CCCN(CC1CC1)C(=O)Cn1nc(C)c([N+](=O)[O-])c1C. The van der Waals surface area contributed by atoms with Gasteiger partial charge < -0.3 is 4.90 Å². The standard InChI is InChI=1S/C14H22N4O3/c1-4-7-16(8-12-5-6-12)13(19)9-17-11(3)14(18(20)21)10(2)15-17/h12H,4-9H2,1-3H3. The smallest absolute Gasteiger partial charge is 0.312 e. The van der Waals surface area contributed by atoms with E-state index in [1.54, 1.807) is 13.8 Å². The first kappa shape index (κ1) is 15.5. The lowest BCUT2D eigenvalue weighted by atomic mass is 10.3. The second-order valence-corrected chi connectivity index (χ2v) is 5.72. The van der Waals surface area contributed by atoms with Crippen LogP contribution in [0.15, 0.2) is 0 Å². The number of aromatic nitrogens is 2. The summed E-state index contributed by atoms with van der Waals surface area (Å²) in [5.74, 6) is 0.625. The van der Waals surface area contributed by atoms with Crippen molar-refractivity contribution < 1.29 is 9.72 Å². The zero-order valence-electron chi connectivity index (χ0n) is 12.8. The molecule has 1 heterocycles. The van der Waals surface area contributed by atoms with Gasteiger partial charge in [0.25, 0.3) is 0 Å². The first-order valence-electron chi connectivity index (χ1n) is 7.40. The Morgan fingerprint density at radius 2 is 2.14 bits per heavy atom. The lowest BCUT2D eigenvalue weighted by Crippen LogP contribution is -2.36. The average Bonchev–Trinajstić information content (AvgIpc) is 3.16. The van der Waals surface area contributed by atoms with E-state index in [1.165, 1.54) is 17.5 Å². The molecule has 0 spiro atoms. The van der Waals surface area contributed by atoms with Crippen molar-refractivity contribution in [2.24, 2.45) is 5.92 Å². The average molecular weight is 294 g/mol. The van der Waals surface area contributed by atoms with Gasteiger partial charge in [-0.15, -0.1) is 0 Å². The van der Waals surface area contributed by atoms with Gasteiger partial charge >= 0.3 is 5.69 Å². The zero-order valence-corrected chi connectivity index (χ0v) is 12.8. The lowest BCUT2D eigenvalue weighted by Gasteiger charge is -2.22. The molecule has 7 heteroatoms. The summed E-state index contributed by atoms with van der Waals surface area (Å²) in [6.07, 6.45) is 3.30. The molecule has 0 atom stereocenters. The van der Waals surface area contributed by atoms with Crippen molar-refractivity contribution >= 4 is 11.6 Å². The van der Waals surface area contributed by atoms with E-state index in [0.717, 1.165) is 19.5 Å². The van der Waals surface area contributed by atoms with E-state index < -0.39 is 4.92 Å². The molecule has 0 aromatic carbocycles. The molecule has 1 saturated carbocycles. The predicted octanol–water partition coefficient (Wildman–Crippen LogP) is 2.06. The highest BCUT2D eigenvalue weighted by molar-refractivity contribution is 5.76. The van der Waals surface area contributed by atoms with Gasteiger partial charge in [-0.2, -0.15) is 5.10 Å². The number of nitrogens with zero attached hydrogens (tertiary/aromatic N) is 4. The maximum Gasteiger partial charge on any atom is 0.312 e. The van der Waals surface area contributed by atoms with Crippen LogP contribution in [-0.2, 0) is 11.3 Å². The number of hydrogen-bond donors (Lipinski definition) is 0. The summed E-state index contributed by atoms with van der Waals surface area (Å²) < 4.78 is 1.45. The van der Waals surface area contributed by atoms with Crippen LogP contribution in [0.3, 0.4) is 0 Å². The Bertz CT molecular complexity index is 549. The number of hydrogen-bond acceptors (Lipinski definition) is 4. The van der Waals surface area contributed by atoms with E-state index in [2.05, 4.69) is 5.10 Å². The Morgan fingerprint density at radius 3 is 2.62 bits per heavy atom. The Morgan fingerprint density at radius 1 is 1.48 bits per heavy atom. The normalized spacial score (nSPS) is 14.2. The van der Waals surface area contributed by atoms with Crippen LogP contribution in [0, 0.1) is 29.9 Å². The molecule has 1 aromatic heterocycles. The molecule has 0 bridgehead atoms. The van der Waals surface area contributed by atoms with Gasteiger partial charge in [-0.25, -0.2) is 0 Å². The van der Waals surface area contributed by atoms with Crippen LogP contribution in [-0.4, -0.2) is 38.6 Å². The second-order valence-electron chi connectivity index (χ2n) is 5.72. The van der Waals surface area contributed by atoms with Gasteiger partial charge in [0.15, 0.2) is 0 Å². The van der Waals surface area contributed by atoms with E-state index in [1.807, 2.05) is 11.8 Å². The fourth-order valence-electron chi connectivity index (χ4n) is 2.53. The van der Waals surface area contributed by atoms with Crippen molar-refractivity contribution in [3.8, 4) is 0 Å². The van der Waals surface area contributed by atoms with Crippen LogP contribution in [0.1, 0.15) is 37.6 Å². The fraction of sp³-hybridized carbons (Fsp3) is 0.714. The lowest BCUT2D eigenvalue weighted by molar-refractivity contribution is -0.386. The van der Waals surface area contributed by atoms with Crippen LogP contribution in [0.5, 0.6) is 0 Å². The van der Waals surface area contributed by atoms with Crippen molar-refractivity contribution in [1.82, 2.24) is 14.7 Å². The zero-order chi connectivity index (χ0) is 15.6. The van der Waals surface area contributed by atoms with E-state index in [0.29, 0.717) is 17.3 Å². The molecular weight excluding hydrogens is 272 g/mol. The maximum atomic E-state index is 12.4. The summed E-state index contributed by atoms with van der Waals surface area (Å²) in [7, 11) is 0. The van der Waals surface area contributed by atoms with E-state index in [-0.39, 0.29) is 18.1 Å². The summed E-state index contributed by atoms with van der Waals surface area (Å²) in [5, 5.41) is 15.1. The number of aryl methyl sites for hydroxylation is 1. The van der Waals surface area contributed by atoms with E-state index in [4.69, 9.17) is 0 Å². The van der Waals surface area contributed by atoms with Crippen molar-refractivity contribution in [3.63, 3.8) is 0 Å². The van der Waals surface area contributed by atoms with Crippen LogP contribution < -0.4 is 0 Å². The molecule has 0 unspecified atom stereocenters. The molecule has 0 aliphatic heterocycles. The number of carbonyl (C=O) groups excluding carboxylic acids is 1. The predicted molar refractivity (Wildman–Crippen MR) is 78.0 cm³/mol. The second kappa shape index (κ2) is 6.24. The van der Waals surface area contributed by atoms with E-state index >= 15 is 0 Å². The van der Waals surface area contributed by atoms with Crippen LogP contribution in [0.2, 0.25) is 0 Å². The van der Waals surface area contributed by atoms with Gasteiger partial charge in [0.1, 0.15) is 17.9 Å². The molecule has 0 radical (unpaired) electrons. The van der Waals surface area contributed by atoms with Gasteiger partial charge in [0.05, 0.1) is 4.92 Å². The quantitative estimate of drug-likeness (QED) is 0.569. The molecule has 7 nitrogen and oxygen atoms in total. The largest absolute Gasteiger partial charge is 0.341 e. The number of amides is 1. The number of carbonyl (C=O) groups is 1. The molecule has 1 amide bonds. The molecule has 21 heavy (non-hydrogen) atoms. The van der Waals surface area contributed by atoms with Gasteiger partial charge in [0.2, 0.25) is 5.91 Å². The van der Waals surface area contributed by atoms with E-state index in [9.17, 15) is 14.9 Å². The Hall–Kier alpha value is -1.92. The Labute approximate surface area is 124 Å². The molecule has 1 aliphatic carbocycles. The third-order valence-electron chi connectivity index (χ3n) is 3.83. The molecule has 1 fully saturated rings. The molecule has 1 aliphatic rings. The summed E-state index contributed by atoms with van der Waals surface area (Å²) in [4.78, 5) is 24.8. The van der Waals surface area contributed by atoms with Gasteiger partial charge in [-0.3, -0.25) is 19.6 Å². The van der Waals surface area contributed by atoms with Crippen LogP contribution in [0.4, 0.5) is 5.69 Å². The van der Waals surface area contributed by atoms with Crippen molar-refractivity contribution in [3.05, 3.63) is 21.5 Å². The number of nitro groups is 1. The first-order chi connectivity index (χ1) is 9.93. The minimum Gasteiger partial charge on any atom is -0.341 e. The minimum atomic E-state index is -0.438. The monoisotopic (exact) mass is 294 g/mol. The first-order valence-corrected chi connectivity index (χ1v) is 7.40. The molecule has 0 N–H and O–H groups in total. The van der Waals surface area contributed by atoms with Crippen LogP contribution in [0.25, 0.3) is 0 Å². The number of rotatable bonds is 7. The van der Waals surface area contributed by atoms with Gasteiger partial charge in [-0.1, -0.05) is 6.92 Å². The van der Waals surface area contributed by atoms with Gasteiger partial charge in [0, 0.05) is 13.1 Å². The summed E-state index contributed by atoms with van der Waals surface area (Å²) in [5.41, 5.74) is 0.801. The Balaban J connectivity index is 2.10. The highest BCUT2D eigenvalue weighted by Crippen LogP contribution is 2.30. The van der Waals surface area contributed by atoms with Crippen LogP contribution >= 0.6 is 0 Å². The summed E-state index contributed by atoms with van der Waals surface area (Å²) in [6.45, 7) is 6.88. The fourth-order valence-corrected chi connectivity index (χ4v) is 2.53. The third-order valence-corrected chi connectivity index (χ3v) is 3.83. The molecular formula is C14H22N4O3. The third kappa shape index (κ3) is 3.59. The molecule has 2 rings (SSSR count).